The molecule has 0 unspecified atom stereocenters. The molecule has 6 nitrogen and oxygen atoms in total. The monoisotopic (exact) mass is 414 g/mol. The highest BCUT2D eigenvalue weighted by molar-refractivity contribution is 7.89. The van der Waals surface area contributed by atoms with Crippen LogP contribution in [0.1, 0.15) is 38.7 Å². The largest absolute Gasteiger partial charge is 0.357 e. The first kappa shape index (κ1) is 22.0. The topological polar surface area (TPSA) is 73.8 Å². The molecule has 0 bridgehead atoms. The smallest absolute Gasteiger partial charge is 0.213 e. The minimum atomic E-state index is -3.12. The van der Waals surface area contributed by atoms with Crippen LogP contribution >= 0.6 is 11.6 Å². The number of hydrogen-bond donors (Lipinski definition) is 2. The summed E-state index contributed by atoms with van der Waals surface area (Å²) in [4.78, 5) is 4.75. The Morgan fingerprint density at radius 2 is 2.04 bits per heavy atom. The first-order valence-corrected chi connectivity index (χ1v) is 11.5. The number of nitrogens with one attached hydrogen (secondary N) is 2. The molecule has 8 heteroatoms. The Hall–Kier alpha value is -1.31. The highest BCUT2D eigenvalue weighted by Crippen LogP contribution is 2.48. The van der Waals surface area contributed by atoms with Gasteiger partial charge in [0.15, 0.2) is 5.96 Å². The minimum Gasteiger partial charge on any atom is -0.357 e. The van der Waals surface area contributed by atoms with Crippen molar-refractivity contribution in [3.8, 4) is 0 Å². The minimum absolute atomic E-state index is 0.0999. The Bertz CT molecular complexity index is 748. The van der Waals surface area contributed by atoms with Gasteiger partial charge in [0.1, 0.15) is 0 Å². The van der Waals surface area contributed by atoms with E-state index < -0.39 is 10.0 Å². The molecular weight excluding hydrogens is 384 g/mol. The Morgan fingerprint density at radius 3 is 2.63 bits per heavy atom. The summed E-state index contributed by atoms with van der Waals surface area (Å²) in [7, 11) is -1.49. The quantitative estimate of drug-likeness (QED) is 0.350. The molecule has 0 saturated heterocycles. The summed E-state index contributed by atoms with van der Waals surface area (Å²) in [6.07, 6.45) is 2.96. The summed E-state index contributed by atoms with van der Waals surface area (Å²) in [6.45, 7) is 6.35. The predicted octanol–water partition coefficient (Wildman–Crippen LogP) is 2.60. The van der Waals surface area contributed by atoms with Gasteiger partial charge in [-0.25, -0.2) is 12.7 Å². The molecule has 1 aliphatic rings. The van der Waals surface area contributed by atoms with Gasteiger partial charge in [0, 0.05) is 37.1 Å². The lowest BCUT2D eigenvalue weighted by atomic mass is 9.96. The molecule has 0 spiro atoms. The first-order chi connectivity index (χ1) is 12.8. The molecule has 0 atom stereocenters. The van der Waals surface area contributed by atoms with Crippen molar-refractivity contribution >= 4 is 27.6 Å². The summed E-state index contributed by atoms with van der Waals surface area (Å²) in [6, 6.07) is 8.05. The van der Waals surface area contributed by atoms with E-state index in [0.717, 1.165) is 36.8 Å². The van der Waals surface area contributed by atoms with Crippen molar-refractivity contribution in [3.63, 3.8) is 0 Å². The van der Waals surface area contributed by atoms with Crippen LogP contribution in [0.4, 0.5) is 0 Å². The van der Waals surface area contributed by atoms with E-state index in [2.05, 4.69) is 16.7 Å². The van der Waals surface area contributed by atoms with Crippen LogP contribution < -0.4 is 10.6 Å². The molecule has 1 aromatic carbocycles. The average molecular weight is 415 g/mol. The second-order valence-corrected chi connectivity index (χ2v) is 9.79. The van der Waals surface area contributed by atoms with E-state index in [-0.39, 0.29) is 11.2 Å². The number of sulfonamides is 1. The number of halogens is 1. The zero-order chi connectivity index (χ0) is 19.9. The van der Waals surface area contributed by atoms with E-state index in [1.807, 2.05) is 25.1 Å². The third-order valence-electron chi connectivity index (χ3n) is 4.96. The van der Waals surface area contributed by atoms with Crippen LogP contribution in [0.25, 0.3) is 0 Å². The van der Waals surface area contributed by atoms with Gasteiger partial charge in [-0.3, -0.25) is 4.99 Å². The maximum atomic E-state index is 11.8. The van der Waals surface area contributed by atoms with Crippen LogP contribution in [0.2, 0.25) is 5.02 Å². The van der Waals surface area contributed by atoms with Crippen LogP contribution in [0, 0.1) is 0 Å². The zero-order valence-electron chi connectivity index (χ0n) is 16.5. The second kappa shape index (κ2) is 9.75. The zero-order valence-corrected chi connectivity index (χ0v) is 18.0. The van der Waals surface area contributed by atoms with Crippen molar-refractivity contribution in [2.75, 3.05) is 39.0 Å². The molecule has 27 heavy (non-hydrogen) atoms. The van der Waals surface area contributed by atoms with E-state index >= 15 is 0 Å². The van der Waals surface area contributed by atoms with E-state index in [4.69, 9.17) is 16.6 Å². The van der Waals surface area contributed by atoms with Gasteiger partial charge in [0.25, 0.3) is 0 Å². The predicted molar refractivity (Wildman–Crippen MR) is 113 cm³/mol. The molecule has 0 heterocycles. The molecule has 1 saturated carbocycles. The van der Waals surface area contributed by atoms with Crippen LogP contribution in [0.15, 0.2) is 29.3 Å². The molecular formula is C19H31ClN4O2S. The van der Waals surface area contributed by atoms with Crippen LogP contribution in [-0.2, 0) is 15.4 Å². The lowest BCUT2D eigenvalue weighted by Crippen LogP contribution is -2.39. The van der Waals surface area contributed by atoms with E-state index in [9.17, 15) is 8.42 Å². The Balaban J connectivity index is 1.87. The fourth-order valence-electron chi connectivity index (χ4n) is 2.95. The van der Waals surface area contributed by atoms with Crippen molar-refractivity contribution in [2.45, 2.75) is 38.5 Å². The van der Waals surface area contributed by atoms with Gasteiger partial charge in [-0.1, -0.05) is 23.7 Å². The molecule has 0 amide bonds. The normalized spacial score (nSPS) is 16.4. The van der Waals surface area contributed by atoms with Gasteiger partial charge in [0.2, 0.25) is 10.0 Å². The van der Waals surface area contributed by atoms with E-state index in [1.54, 1.807) is 14.0 Å². The Morgan fingerprint density at radius 1 is 1.30 bits per heavy atom. The van der Waals surface area contributed by atoms with Crippen molar-refractivity contribution in [3.05, 3.63) is 34.9 Å². The van der Waals surface area contributed by atoms with Gasteiger partial charge in [-0.05, 0) is 50.8 Å². The van der Waals surface area contributed by atoms with Crippen LogP contribution in [-0.4, -0.2) is 57.7 Å². The van der Waals surface area contributed by atoms with Crippen molar-refractivity contribution in [2.24, 2.45) is 4.99 Å². The first-order valence-electron chi connectivity index (χ1n) is 9.55. The SMILES string of the molecule is CCNC(=NCC1(c2cccc(Cl)c2)CC1)NCCCN(C)S(=O)(=O)CC. The summed E-state index contributed by atoms with van der Waals surface area (Å²) in [5.41, 5.74) is 1.35. The van der Waals surface area contributed by atoms with E-state index in [1.165, 1.54) is 9.87 Å². The standard InChI is InChI=1S/C19H31ClN4O2S/c1-4-21-18(22-12-7-13-24(3)27(25,26)5-2)23-15-19(10-11-19)16-8-6-9-17(20)14-16/h6,8-9,14H,4-5,7,10-13,15H2,1-3H3,(H2,21,22,23). The summed E-state index contributed by atoms with van der Waals surface area (Å²) < 4.78 is 25.0. The van der Waals surface area contributed by atoms with Crippen molar-refractivity contribution < 1.29 is 8.42 Å². The summed E-state index contributed by atoms with van der Waals surface area (Å²) in [5, 5.41) is 7.32. The molecule has 2 rings (SSSR count). The Kier molecular flexibility index (Phi) is 7.94. The maximum absolute atomic E-state index is 11.8. The van der Waals surface area contributed by atoms with Crippen molar-refractivity contribution in [1.82, 2.24) is 14.9 Å². The molecule has 0 radical (unpaired) electrons. The van der Waals surface area contributed by atoms with Gasteiger partial charge >= 0.3 is 0 Å². The van der Waals surface area contributed by atoms with Gasteiger partial charge < -0.3 is 10.6 Å². The van der Waals surface area contributed by atoms with Gasteiger partial charge in [0.05, 0.1) is 12.3 Å². The Labute approximate surface area is 168 Å². The average Bonchev–Trinajstić information content (AvgIpc) is 3.44. The number of rotatable bonds is 10. The van der Waals surface area contributed by atoms with Gasteiger partial charge in [-0.15, -0.1) is 0 Å². The van der Waals surface area contributed by atoms with Crippen molar-refractivity contribution in [1.29, 1.82) is 0 Å². The second-order valence-electron chi connectivity index (χ2n) is 6.99. The highest BCUT2D eigenvalue weighted by atomic mass is 35.5. The number of aliphatic imine (C=N–C) groups is 1. The lowest BCUT2D eigenvalue weighted by Gasteiger charge is -2.18. The lowest BCUT2D eigenvalue weighted by molar-refractivity contribution is 0.461. The third-order valence-corrected chi connectivity index (χ3v) is 7.05. The number of nitrogens with zero attached hydrogens (tertiary/aromatic N) is 2. The fraction of sp³-hybridized carbons (Fsp3) is 0.632. The van der Waals surface area contributed by atoms with Gasteiger partial charge in [-0.2, -0.15) is 0 Å². The third kappa shape index (κ3) is 6.36. The number of guanidine groups is 1. The number of hydrogen-bond acceptors (Lipinski definition) is 3. The summed E-state index contributed by atoms with van der Waals surface area (Å²) in [5.74, 6) is 0.902. The van der Waals surface area contributed by atoms with Crippen LogP contribution in [0.3, 0.4) is 0 Å². The highest BCUT2D eigenvalue weighted by Gasteiger charge is 2.44. The maximum Gasteiger partial charge on any atom is 0.213 e. The molecule has 152 valence electrons. The summed E-state index contributed by atoms with van der Waals surface area (Å²) >= 11 is 6.14. The number of benzene rings is 1. The molecule has 2 N–H and O–H groups in total. The van der Waals surface area contributed by atoms with Crippen LogP contribution in [0.5, 0.6) is 0 Å². The molecule has 1 aliphatic carbocycles. The molecule has 1 aromatic rings. The van der Waals surface area contributed by atoms with E-state index in [0.29, 0.717) is 19.6 Å². The molecule has 0 aliphatic heterocycles. The molecule has 1 fully saturated rings. The molecule has 0 aromatic heterocycles. The fourth-order valence-corrected chi connectivity index (χ4v) is 3.99.